The molecule has 0 unspecified atom stereocenters. The molecule has 0 atom stereocenters. The van der Waals surface area contributed by atoms with E-state index < -0.39 is 0 Å². The number of rotatable bonds is 10. The van der Waals surface area contributed by atoms with Crippen LogP contribution in [-0.2, 0) is 13.0 Å². The second kappa shape index (κ2) is 8.11. The molecule has 120 valence electrons. The summed E-state index contributed by atoms with van der Waals surface area (Å²) in [5.74, 6) is 0. The van der Waals surface area contributed by atoms with Crippen LogP contribution in [0.2, 0.25) is 0 Å². The lowest BCUT2D eigenvalue weighted by Gasteiger charge is -2.23. The van der Waals surface area contributed by atoms with E-state index in [1.54, 1.807) is 0 Å². The van der Waals surface area contributed by atoms with Gasteiger partial charge in [-0.25, -0.2) is 4.98 Å². The Morgan fingerprint density at radius 1 is 1.19 bits per heavy atom. The van der Waals surface area contributed by atoms with E-state index >= 15 is 0 Å². The van der Waals surface area contributed by atoms with Gasteiger partial charge >= 0.3 is 0 Å². The Labute approximate surface area is 133 Å². The highest BCUT2D eigenvalue weighted by Gasteiger charge is 2.22. The Bertz CT molecular complexity index is 426. The molecule has 0 radical (unpaired) electrons. The SMILES string of the molecule is CCCN(CCN(C)C)c1nc(CC)c(CNC2CC2)s1. The van der Waals surface area contributed by atoms with Crippen LogP contribution in [0.4, 0.5) is 5.13 Å². The van der Waals surface area contributed by atoms with Crippen molar-refractivity contribution in [3.63, 3.8) is 0 Å². The van der Waals surface area contributed by atoms with Gasteiger partial charge < -0.3 is 15.1 Å². The predicted octanol–water partition coefficient (Wildman–Crippen LogP) is 2.74. The highest BCUT2D eigenvalue weighted by Crippen LogP contribution is 2.28. The Kier molecular flexibility index (Phi) is 6.45. The zero-order valence-electron chi connectivity index (χ0n) is 14.0. The minimum Gasteiger partial charge on any atom is -0.347 e. The van der Waals surface area contributed by atoms with Gasteiger partial charge in [0.25, 0.3) is 0 Å². The summed E-state index contributed by atoms with van der Waals surface area (Å²) in [6.45, 7) is 8.69. The summed E-state index contributed by atoms with van der Waals surface area (Å²) in [6, 6.07) is 0.765. The van der Waals surface area contributed by atoms with Crippen molar-refractivity contribution >= 4 is 16.5 Å². The van der Waals surface area contributed by atoms with Gasteiger partial charge in [-0.3, -0.25) is 0 Å². The molecule has 1 aromatic rings. The Morgan fingerprint density at radius 3 is 2.52 bits per heavy atom. The van der Waals surface area contributed by atoms with Gasteiger partial charge in [0, 0.05) is 37.1 Å². The lowest BCUT2D eigenvalue weighted by atomic mass is 10.3. The number of thiazole rings is 1. The molecule has 1 aliphatic carbocycles. The van der Waals surface area contributed by atoms with E-state index in [1.807, 2.05) is 11.3 Å². The van der Waals surface area contributed by atoms with E-state index in [-0.39, 0.29) is 0 Å². The van der Waals surface area contributed by atoms with Crippen LogP contribution in [0.25, 0.3) is 0 Å². The maximum atomic E-state index is 4.91. The summed E-state index contributed by atoms with van der Waals surface area (Å²) in [4.78, 5) is 11.0. The second-order valence-corrected chi connectivity index (χ2v) is 7.23. The number of hydrogen-bond acceptors (Lipinski definition) is 5. The van der Waals surface area contributed by atoms with Crippen molar-refractivity contribution in [2.45, 2.75) is 52.1 Å². The fourth-order valence-electron chi connectivity index (χ4n) is 2.34. The number of nitrogens with zero attached hydrogens (tertiary/aromatic N) is 3. The van der Waals surface area contributed by atoms with Crippen LogP contribution in [-0.4, -0.2) is 49.7 Å². The third-order valence-electron chi connectivity index (χ3n) is 3.81. The molecule has 1 aliphatic rings. The van der Waals surface area contributed by atoms with Crippen LogP contribution in [0, 0.1) is 0 Å². The predicted molar refractivity (Wildman–Crippen MR) is 92.4 cm³/mol. The fourth-order valence-corrected chi connectivity index (χ4v) is 3.49. The van der Waals surface area contributed by atoms with E-state index in [9.17, 15) is 0 Å². The molecule has 4 nitrogen and oxygen atoms in total. The van der Waals surface area contributed by atoms with Crippen molar-refractivity contribution in [2.24, 2.45) is 0 Å². The topological polar surface area (TPSA) is 31.4 Å². The molecular weight excluding hydrogens is 280 g/mol. The van der Waals surface area contributed by atoms with E-state index in [4.69, 9.17) is 4.98 Å². The van der Waals surface area contributed by atoms with Gasteiger partial charge in [0.1, 0.15) is 0 Å². The minimum atomic E-state index is 0.765. The molecule has 0 saturated heterocycles. The maximum Gasteiger partial charge on any atom is 0.185 e. The average molecular weight is 311 g/mol. The molecule has 0 amide bonds. The third kappa shape index (κ3) is 5.24. The number of likely N-dealkylation sites (N-methyl/N-ethyl adjacent to an activating group) is 1. The van der Waals surface area contributed by atoms with Gasteiger partial charge in [-0.2, -0.15) is 0 Å². The first-order chi connectivity index (χ1) is 10.1. The van der Waals surface area contributed by atoms with Crippen molar-refractivity contribution in [1.29, 1.82) is 0 Å². The number of aromatic nitrogens is 1. The van der Waals surface area contributed by atoms with E-state index in [0.29, 0.717) is 0 Å². The van der Waals surface area contributed by atoms with Gasteiger partial charge in [0.2, 0.25) is 0 Å². The molecule has 2 rings (SSSR count). The highest BCUT2D eigenvalue weighted by molar-refractivity contribution is 7.15. The van der Waals surface area contributed by atoms with Gasteiger partial charge in [-0.15, -0.1) is 11.3 Å². The first-order valence-corrected chi connectivity index (χ1v) is 9.07. The quantitative estimate of drug-likeness (QED) is 0.720. The molecule has 5 heteroatoms. The van der Waals surface area contributed by atoms with Crippen LogP contribution < -0.4 is 10.2 Å². The zero-order chi connectivity index (χ0) is 15.2. The second-order valence-electron chi connectivity index (χ2n) is 6.17. The molecule has 21 heavy (non-hydrogen) atoms. The third-order valence-corrected chi connectivity index (χ3v) is 4.97. The number of aryl methyl sites for hydroxylation is 1. The summed E-state index contributed by atoms with van der Waals surface area (Å²) in [5, 5.41) is 4.84. The standard InChI is InChI=1S/C16H30N4S/c1-5-9-20(11-10-19(3)4)16-18-14(6-2)15(21-16)12-17-13-7-8-13/h13,17H,5-12H2,1-4H3. The molecule has 0 aliphatic heterocycles. The number of hydrogen-bond donors (Lipinski definition) is 1. The van der Waals surface area contributed by atoms with Crippen LogP contribution in [0.5, 0.6) is 0 Å². The van der Waals surface area contributed by atoms with Crippen LogP contribution in [0.1, 0.15) is 43.7 Å². The Balaban J connectivity index is 2.03. The normalized spacial score (nSPS) is 14.9. The zero-order valence-corrected chi connectivity index (χ0v) is 14.8. The highest BCUT2D eigenvalue weighted by atomic mass is 32.1. The fraction of sp³-hybridized carbons (Fsp3) is 0.812. The van der Waals surface area contributed by atoms with Crippen LogP contribution in [0.15, 0.2) is 0 Å². The summed E-state index contributed by atoms with van der Waals surface area (Å²) < 4.78 is 0. The first kappa shape index (κ1) is 16.7. The first-order valence-electron chi connectivity index (χ1n) is 8.25. The molecule has 1 aromatic heterocycles. The summed E-state index contributed by atoms with van der Waals surface area (Å²) >= 11 is 1.89. The number of nitrogens with one attached hydrogen (secondary N) is 1. The molecule has 1 fully saturated rings. The Morgan fingerprint density at radius 2 is 1.95 bits per heavy atom. The summed E-state index contributed by atoms with van der Waals surface area (Å²) in [6.07, 6.45) is 4.89. The molecular formula is C16H30N4S. The van der Waals surface area contributed by atoms with Crippen LogP contribution >= 0.6 is 11.3 Å². The minimum absolute atomic E-state index is 0.765. The largest absolute Gasteiger partial charge is 0.347 e. The van der Waals surface area contributed by atoms with Crippen molar-refractivity contribution in [3.8, 4) is 0 Å². The monoisotopic (exact) mass is 310 g/mol. The molecule has 0 bridgehead atoms. The van der Waals surface area contributed by atoms with Crippen molar-refractivity contribution in [3.05, 3.63) is 10.6 Å². The van der Waals surface area contributed by atoms with Crippen LogP contribution in [0.3, 0.4) is 0 Å². The van der Waals surface area contributed by atoms with Crippen molar-refractivity contribution in [1.82, 2.24) is 15.2 Å². The van der Waals surface area contributed by atoms with Gasteiger partial charge in [0.05, 0.1) is 5.69 Å². The lowest BCUT2D eigenvalue weighted by Crippen LogP contribution is -2.32. The van der Waals surface area contributed by atoms with Crippen molar-refractivity contribution in [2.75, 3.05) is 38.6 Å². The summed E-state index contributed by atoms with van der Waals surface area (Å²) in [7, 11) is 4.27. The smallest absolute Gasteiger partial charge is 0.185 e. The van der Waals surface area contributed by atoms with Crippen molar-refractivity contribution < 1.29 is 0 Å². The Hall–Kier alpha value is -0.650. The maximum absolute atomic E-state index is 4.91. The lowest BCUT2D eigenvalue weighted by molar-refractivity contribution is 0.413. The molecule has 1 saturated carbocycles. The van der Waals surface area contributed by atoms with E-state index in [2.05, 4.69) is 43.1 Å². The molecule has 0 aromatic carbocycles. The van der Waals surface area contributed by atoms with Gasteiger partial charge in [-0.1, -0.05) is 13.8 Å². The van der Waals surface area contributed by atoms with E-state index in [1.165, 1.54) is 35.0 Å². The average Bonchev–Trinajstić information content (AvgIpc) is 3.20. The summed E-state index contributed by atoms with van der Waals surface area (Å²) in [5.41, 5.74) is 1.29. The van der Waals surface area contributed by atoms with Gasteiger partial charge in [-0.05, 0) is 39.8 Å². The molecule has 1 heterocycles. The number of anilines is 1. The molecule has 1 N–H and O–H groups in total. The van der Waals surface area contributed by atoms with Gasteiger partial charge in [0.15, 0.2) is 5.13 Å². The molecule has 0 spiro atoms. The van der Waals surface area contributed by atoms with E-state index in [0.717, 1.165) is 38.6 Å².